The van der Waals surface area contributed by atoms with Gasteiger partial charge in [0.15, 0.2) is 0 Å². The number of carbonyl (C=O) groups is 2. The third-order valence-corrected chi connectivity index (χ3v) is 1.59. The monoisotopic (exact) mass is 246 g/mol. The van der Waals surface area contributed by atoms with E-state index in [-0.39, 0.29) is 0 Å². The summed E-state index contributed by atoms with van der Waals surface area (Å²) in [4.78, 5) is 21.0. The molecule has 0 spiro atoms. The molecule has 0 aromatic rings. The molecule has 0 aliphatic heterocycles. The van der Waals surface area contributed by atoms with Gasteiger partial charge in [-0.1, -0.05) is 0 Å². The van der Waals surface area contributed by atoms with E-state index in [1.165, 1.54) is 0 Å². The number of hydrogen-bond acceptors (Lipinski definition) is 8. The van der Waals surface area contributed by atoms with Crippen molar-refractivity contribution in [2.24, 2.45) is 0 Å². The van der Waals surface area contributed by atoms with Gasteiger partial charge in [0.1, 0.15) is 0 Å². The molecule has 0 heterocycles. The van der Waals surface area contributed by atoms with Crippen LogP contribution in [0.1, 0.15) is 12.8 Å². The van der Waals surface area contributed by atoms with E-state index in [1.54, 1.807) is 0 Å². The topological polar surface area (TPSA) is 121 Å². The zero-order chi connectivity index (χ0) is 11.1. The van der Waals surface area contributed by atoms with Gasteiger partial charge in [0.05, 0.1) is 12.8 Å². The first kappa shape index (κ1) is 12.8. The van der Waals surface area contributed by atoms with Crippen molar-refractivity contribution in [3.8, 4) is 0 Å². The minimum absolute atomic E-state index is 0.564. The van der Waals surface area contributed by atoms with Crippen molar-refractivity contribution in [1.82, 2.24) is 0 Å². The van der Waals surface area contributed by atoms with Gasteiger partial charge in [0.25, 0.3) is 0 Å². The number of hydrogen-bond donors (Lipinski definition) is 2. The lowest BCUT2D eigenvalue weighted by molar-refractivity contribution is -0.139. The normalized spacial score (nSPS) is 10.1. The fourth-order valence-corrected chi connectivity index (χ4v) is 0.977. The Morgan fingerprint density at radius 2 is 1.07 bits per heavy atom. The summed E-state index contributed by atoms with van der Waals surface area (Å²) in [6.07, 6.45) is -1.13. The van der Waals surface area contributed by atoms with Gasteiger partial charge >= 0.3 is 33.9 Å². The molecule has 82 valence electrons. The van der Waals surface area contributed by atoms with Crippen LogP contribution in [-0.4, -0.2) is 28.8 Å². The highest BCUT2D eigenvalue weighted by atomic mass is 32.2. The maximum absolute atomic E-state index is 10.5. The summed E-state index contributed by atoms with van der Waals surface area (Å²) in [6.45, 7) is 0. The van der Waals surface area contributed by atoms with E-state index in [4.69, 9.17) is 0 Å². The highest BCUT2D eigenvalue weighted by Crippen LogP contribution is 1.95. The zero-order valence-corrected chi connectivity index (χ0v) is 8.36. The Labute approximate surface area is 82.1 Å². The van der Waals surface area contributed by atoms with Gasteiger partial charge in [-0.05, 0) is 0 Å². The van der Waals surface area contributed by atoms with Gasteiger partial charge < -0.3 is 8.37 Å². The third kappa shape index (κ3) is 7.49. The lowest BCUT2D eigenvalue weighted by Gasteiger charge is -1.95. The third-order valence-electron chi connectivity index (χ3n) is 0.886. The molecule has 0 aromatic heterocycles. The summed E-state index contributed by atoms with van der Waals surface area (Å²) in [5.74, 6) is -2.31. The Morgan fingerprint density at radius 1 is 0.786 bits per heavy atom. The van der Waals surface area contributed by atoms with Gasteiger partial charge in [-0.25, -0.2) is 0 Å². The van der Waals surface area contributed by atoms with Crippen LogP contribution in [0.2, 0.25) is 0 Å². The first-order chi connectivity index (χ1) is 6.41. The lowest BCUT2D eigenvalue weighted by atomic mass is 10.3. The SMILES string of the molecule is O=C(CCC(=O)O[SH](=O)=O)O[SH](=O)=O. The second kappa shape index (κ2) is 6.32. The number of rotatable bonds is 5. The van der Waals surface area contributed by atoms with Crippen molar-refractivity contribution in [3.63, 3.8) is 0 Å². The summed E-state index contributed by atoms with van der Waals surface area (Å²) in [6, 6.07) is 0. The van der Waals surface area contributed by atoms with Gasteiger partial charge in [0, 0.05) is 0 Å². The maximum Gasteiger partial charge on any atom is 0.322 e. The molecule has 0 saturated carbocycles. The summed E-state index contributed by atoms with van der Waals surface area (Å²) in [7, 11) is -6.62. The van der Waals surface area contributed by atoms with E-state index in [9.17, 15) is 26.4 Å². The van der Waals surface area contributed by atoms with Crippen LogP contribution in [-0.2, 0) is 39.9 Å². The van der Waals surface area contributed by atoms with E-state index in [2.05, 4.69) is 8.37 Å². The smallest absolute Gasteiger partial charge is 0.322 e. The molecule has 0 fully saturated rings. The van der Waals surface area contributed by atoms with Crippen molar-refractivity contribution in [1.29, 1.82) is 0 Å². The molecule has 0 aliphatic carbocycles. The maximum atomic E-state index is 10.5. The molecular formula is C4H6O8S2. The first-order valence-corrected chi connectivity index (χ1v) is 5.31. The first-order valence-electron chi connectivity index (χ1n) is 3.12. The van der Waals surface area contributed by atoms with Crippen molar-refractivity contribution in [2.45, 2.75) is 12.8 Å². The molecule has 0 aromatic carbocycles. The molecule has 0 atom stereocenters. The summed E-state index contributed by atoms with van der Waals surface area (Å²) in [5, 5.41) is 0. The Hall–Kier alpha value is -1.16. The standard InChI is InChI=1S/C4H6O8S2/c5-3(11-13(7)8)1-2-4(6)12-14(9)10/h13-14H,1-2H2. The highest BCUT2D eigenvalue weighted by Gasteiger charge is 2.10. The van der Waals surface area contributed by atoms with E-state index in [0.717, 1.165) is 0 Å². The van der Waals surface area contributed by atoms with E-state index in [0.29, 0.717) is 0 Å². The Kier molecular flexibility index (Phi) is 5.79. The summed E-state index contributed by atoms with van der Waals surface area (Å²) < 4.78 is 46.6. The van der Waals surface area contributed by atoms with E-state index < -0.39 is 46.8 Å². The Bertz CT molecular complexity index is 312. The van der Waals surface area contributed by atoms with Crippen molar-refractivity contribution >= 4 is 33.9 Å². The summed E-state index contributed by atoms with van der Waals surface area (Å²) >= 11 is 0. The van der Waals surface area contributed by atoms with Crippen molar-refractivity contribution in [3.05, 3.63) is 0 Å². The minimum Gasteiger partial charge on any atom is -0.348 e. The minimum atomic E-state index is -3.31. The molecule has 0 rings (SSSR count). The largest absolute Gasteiger partial charge is 0.348 e. The predicted molar refractivity (Wildman–Crippen MR) is 42.0 cm³/mol. The second-order valence-electron chi connectivity index (χ2n) is 1.87. The van der Waals surface area contributed by atoms with Crippen LogP contribution >= 0.6 is 0 Å². The lowest BCUT2D eigenvalue weighted by Crippen LogP contribution is -2.09. The highest BCUT2D eigenvalue weighted by molar-refractivity contribution is 7.67. The number of thiol groups is 2. The van der Waals surface area contributed by atoms with Crippen LogP contribution in [0.15, 0.2) is 0 Å². The molecule has 8 nitrogen and oxygen atoms in total. The molecule has 0 unspecified atom stereocenters. The molecule has 0 radical (unpaired) electrons. The van der Waals surface area contributed by atoms with Gasteiger partial charge in [0.2, 0.25) is 0 Å². The molecule has 0 N–H and O–H groups in total. The Balaban J connectivity index is 3.83. The van der Waals surface area contributed by atoms with Crippen LogP contribution in [0.25, 0.3) is 0 Å². The van der Waals surface area contributed by atoms with Gasteiger partial charge in [-0.15, -0.1) is 0 Å². The van der Waals surface area contributed by atoms with Gasteiger partial charge in [-0.3, -0.25) is 9.59 Å². The molecule has 14 heavy (non-hydrogen) atoms. The van der Waals surface area contributed by atoms with E-state index in [1.807, 2.05) is 0 Å². The number of carbonyl (C=O) groups excluding carboxylic acids is 2. The van der Waals surface area contributed by atoms with Crippen molar-refractivity contribution < 1.29 is 34.8 Å². The quantitative estimate of drug-likeness (QED) is 0.529. The van der Waals surface area contributed by atoms with Crippen molar-refractivity contribution in [2.75, 3.05) is 0 Å². The van der Waals surface area contributed by atoms with Crippen LogP contribution < -0.4 is 0 Å². The van der Waals surface area contributed by atoms with Crippen LogP contribution in [0.3, 0.4) is 0 Å². The predicted octanol–water partition coefficient (Wildman–Crippen LogP) is -2.09. The zero-order valence-electron chi connectivity index (χ0n) is 6.57. The molecular weight excluding hydrogens is 240 g/mol. The fourth-order valence-electron chi connectivity index (χ4n) is 0.462. The van der Waals surface area contributed by atoms with Crippen LogP contribution in [0.4, 0.5) is 0 Å². The van der Waals surface area contributed by atoms with Crippen LogP contribution in [0.5, 0.6) is 0 Å². The summed E-state index contributed by atoms with van der Waals surface area (Å²) in [5.41, 5.74) is 0. The second-order valence-corrected chi connectivity index (χ2v) is 3.13. The average molecular weight is 246 g/mol. The fraction of sp³-hybridized carbons (Fsp3) is 0.500. The molecule has 0 bridgehead atoms. The van der Waals surface area contributed by atoms with Crippen LogP contribution in [0, 0.1) is 0 Å². The van der Waals surface area contributed by atoms with Gasteiger partial charge in [-0.2, -0.15) is 16.8 Å². The molecule has 0 aliphatic rings. The molecule has 10 heteroatoms. The Morgan fingerprint density at radius 3 is 1.29 bits per heavy atom. The molecule has 0 amide bonds. The molecule has 0 saturated heterocycles. The van der Waals surface area contributed by atoms with E-state index >= 15 is 0 Å². The average Bonchev–Trinajstić information content (AvgIpc) is 1.98.